The van der Waals surface area contributed by atoms with Crippen LogP contribution in [-0.2, 0) is 0 Å². The minimum atomic E-state index is 0.474. The minimum absolute atomic E-state index is 0.474. The first-order valence-electron chi connectivity index (χ1n) is 18.6. The second-order valence-corrected chi connectivity index (χ2v) is 14.1. The molecule has 9 rings (SSSR count). The van der Waals surface area contributed by atoms with Crippen molar-refractivity contribution < 1.29 is 0 Å². The van der Waals surface area contributed by atoms with Gasteiger partial charge in [-0.2, -0.15) is 0 Å². The molecule has 50 heavy (non-hydrogen) atoms. The third-order valence-electron chi connectivity index (χ3n) is 11.1. The van der Waals surface area contributed by atoms with Crippen LogP contribution < -0.4 is 0 Å². The summed E-state index contributed by atoms with van der Waals surface area (Å²) >= 11 is 0. The summed E-state index contributed by atoms with van der Waals surface area (Å²) in [5, 5.41) is 7.98. The summed E-state index contributed by atoms with van der Waals surface area (Å²) in [4.78, 5) is 0. The van der Waals surface area contributed by atoms with Crippen LogP contribution in [0.15, 0.2) is 164 Å². The maximum atomic E-state index is 2.57. The first-order valence-corrected chi connectivity index (χ1v) is 18.6. The highest BCUT2D eigenvalue weighted by molar-refractivity contribution is 6.24. The third kappa shape index (κ3) is 5.50. The molecular formula is C50H42. The highest BCUT2D eigenvalue weighted by atomic mass is 14.3. The second-order valence-electron chi connectivity index (χ2n) is 14.1. The standard InChI is InChI=1S/C50H42/c1-2-8-20-36(21-9-3-1)46-44-34-42-32-40-30-18-19-31-41(40)33-43(42)45(35-22-10-4-11-23-35)50(44)49(39-28-16-7-17-29-39)48(38-26-14-6-15-27-38)47(46)37-24-12-5-13-25-37/h4-7,10-19,22-34,36H,1-3,8-9,20-21H2. The third-order valence-corrected chi connectivity index (χ3v) is 11.1. The molecule has 0 amide bonds. The van der Waals surface area contributed by atoms with Crippen molar-refractivity contribution in [1.29, 1.82) is 0 Å². The van der Waals surface area contributed by atoms with Crippen LogP contribution in [0.1, 0.15) is 56.4 Å². The van der Waals surface area contributed by atoms with Crippen molar-refractivity contribution in [1.82, 2.24) is 0 Å². The van der Waals surface area contributed by atoms with Crippen LogP contribution in [0.25, 0.3) is 76.8 Å². The van der Waals surface area contributed by atoms with Gasteiger partial charge in [0.05, 0.1) is 0 Å². The minimum Gasteiger partial charge on any atom is -0.0622 e. The van der Waals surface area contributed by atoms with Crippen molar-refractivity contribution in [2.24, 2.45) is 0 Å². The Morgan fingerprint density at radius 1 is 0.320 bits per heavy atom. The van der Waals surface area contributed by atoms with E-state index in [2.05, 4.69) is 164 Å². The molecule has 0 aromatic heterocycles. The number of rotatable bonds is 5. The molecule has 8 aromatic carbocycles. The van der Waals surface area contributed by atoms with Crippen LogP contribution in [-0.4, -0.2) is 0 Å². The molecule has 1 aliphatic carbocycles. The van der Waals surface area contributed by atoms with Crippen LogP contribution >= 0.6 is 0 Å². The lowest BCUT2D eigenvalue weighted by atomic mass is 9.72. The van der Waals surface area contributed by atoms with Gasteiger partial charge >= 0.3 is 0 Å². The summed E-state index contributed by atoms with van der Waals surface area (Å²) in [5.41, 5.74) is 12.1. The maximum absolute atomic E-state index is 2.57. The largest absolute Gasteiger partial charge is 0.0622 e. The zero-order valence-corrected chi connectivity index (χ0v) is 28.6. The van der Waals surface area contributed by atoms with Gasteiger partial charge in [0.25, 0.3) is 0 Å². The van der Waals surface area contributed by atoms with Gasteiger partial charge in [0.15, 0.2) is 0 Å². The summed E-state index contributed by atoms with van der Waals surface area (Å²) < 4.78 is 0. The van der Waals surface area contributed by atoms with Crippen molar-refractivity contribution in [2.45, 2.75) is 50.9 Å². The average Bonchev–Trinajstić information content (AvgIpc) is 3.17. The van der Waals surface area contributed by atoms with Crippen LogP contribution in [0.5, 0.6) is 0 Å². The van der Waals surface area contributed by atoms with Gasteiger partial charge < -0.3 is 0 Å². The fourth-order valence-electron chi connectivity index (χ4n) is 8.85. The first-order chi connectivity index (χ1) is 24.8. The lowest BCUT2D eigenvalue weighted by Gasteiger charge is -2.31. The van der Waals surface area contributed by atoms with Gasteiger partial charge in [0.1, 0.15) is 0 Å². The SMILES string of the molecule is c1ccc(-c2c(-c3ccccc3)c(-c3ccccc3)c3c(-c4ccccc4)c4cc5ccccc5cc4cc3c2C2CCCCCCC2)cc1. The first kappa shape index (κ1) is 30.6. The quantitative estimate of drug-likeness (QED) is 0.164. The fourth-order valence-corrected chi connectivity index (χ4v) is 8.85. The molecule has 0 radical (unpaired) electrons. The van der Waals surface area contributed by atoms with Crippen molar-refractivity contribution in [3.63, 3.8) is 0 Å². The molecule has 0 unspecified atom stereocenters. The Morgan fingerprint density at radius 3 is 1.30 bits per heavy atom. The molecule has 242 valence electrons. The van der Waals surface area contributed by atoms with E-state index < -0.39 is 0 Å². The van der Waals surface area contributed by atoms with E-state index in [4.69, 9.17) is 0 Å². The molecule has 1 fully saturated rings. The summed E-state index contributed by atoms with van der Waals surface area (Å²) in [5.74, 6) is 0.474. The lowest BCUT2D eigenvalue weighted by molar-refractivity contribution is 0.458. The molecule has 0 heterocycles. The Labute approximate surface area is 296 Å². The highest BCUT2D eigenvalue weighted by Gasteiger charge is 2.29. The van der Waals surface area contributed by atoms with Gasteiger partial charge in [-0.05, 0) is 119 Å². The van der Waals surface area contributed by atoms with E-state index in [-0.39, 0.29) is 0 Å². The monoisotopic (exact) mass is 642 g/mol. The van der Waals surface area contributed by atoms with Crippen LogP contribution in [0, 0.1) is 0 Å². The van der Waals surface area contributed by atoms with Gasteiger partial charge in [0, 0.05) is 0 Å². The van der Waals surface area contributed by atoms with Crippen LogP contribution in [0.3, 0.4) is 0 Å². The topological polar surface area (TPSA) is 0 Å². The summed E-state index contributed by atoms with van der Waals surface area (Å²) in [6.45, 7) is 0. The Bertz CT molecular complexity index is 2420. The van der Waals surface area contributed by atoms with Crippen molar-refractivity contribution >= 4 is 32.3 Å². The molecule has 0 bridgehead atoms. The normalized spacial score (nSPS) is 14.2. The smallest absolute Gasteiger partial charge is 0.00108 e. The lowest BCUT2D eigenvalue weighted by Crippen LogP contribution is -2.08. The molecule has 0 nitrogen and oxygen atoms in total. The zero-order chi connectivity index (χ0) is 33.3. The van der Waals surface area contributed by atoms with Crippen LogP contribution in [0.2, 0.25) is 0 Å². The maximum Gasteiger partial charge on any atom is -0.00108 e. The Balaban J connectivity index is 1.58. The highest BCUT2D eigenvalue weighted by Crippen LogP contribution is 2.54. The second kappa shape index (κ2) is 13.4. The number of hydrogen-bond donors (Lipinski definition) is 0. The van der Waals surface area contributed by atoms with E-state index in [0.29, 0.717) is 5.92 Å². The number of hydrogen-bond acceptors (Lipinski definition) is 0. The summed E-state index contributed by atoms with van der Waals surface area (Å²) in [7, 11) is 0. The van der Waals surface area contributed by atoms with Gasteiger partial charge in [-0.1, -0.05) is 178 Å². The van der Waals surface area contributed by atoms with E-state index >= 15 is 0 Å². The molecule has 0 heteroatoms. The van der Waals surface area contributed by atoms with Gasteiger partial charge in [-0.15, -0.1) is 0 Å². The molecule has 0 aliphatic heterocycles. The van der Waals surface area contributed by atoms with Gasteiger partial charge in [-0.3, -0.25) is 0 Å². The Hall–Kier alpha value is -5.46. The van der Waals surface area contributed by atoms with E-state index in [0.717, 1.165) is 0 Å². The van der Waals surface area contributed by atoms with E-state index in [1.54, 1.807) is 5.56 Å². The van der Waals surface area contributed by atoms with Crippen molar-refractivity contribution in [2.75, 3.05) is 0 Å². The molecule has 1 aliphatic rings. The van der Waals surface area contributed by atoms with Gasteiger partial charge in [0.2, 0.25) is 0 Å². The number of fused-ring (bicyclic) bond motifs is 3. The van der Waals surface area contributed by atoms with E-state index in [1.807, 2.05) is 0 Å². The predicted octanol–water partition coefficient (Wildman–Crippen LogP) is 14.6. The molecule has 0 saturated heterocycles. The van der Waals surface area contributed by atoms with Gasteiger partial charge in [-0.25, -0.2) is 0 Å². The Kier molecular flexibility index (Phi) is 8.23. The zero-order valence-electron chi connectivity index (χ0n) is 28.6. The van der Waals surface area contributed by atoms with E-state index in [1.165, 1.54) is 122 Å². The molecular weight excluding hydrogens is 601 g/mol. The summed E-state index contributed by atoms with van der Waals surface area (Å²) in [6, 6.07) is 61.3. The fraction of sp³-hybridized carbons (Fsp3) is 0.160. The molecule has 0 N–H and O–H groups in total. The molecule has 8 aromatic rings. The average molecular weight is 643 g/mol. The predicted molar refractivity (Wildman–Crippen MR) is 216 cm³/mol. The number of benzene rings is 8. The summed E-state index contributed by atoms with van der Waals surface area (Å²) in [6.07, 6.45) is 9.03. The van der Waals surface area contributed by atoms with Crippen LogP contribution in [0.4, 0.5) is 0 Å². The van der Waals surface area contributed by atoms with Crippen molar-refractivity contribution in [3.8, 4) is 44.5 Å². The molecule has 0 spiro atoms. The molecule has 0 atom stereocenters. The van der Waals surface area contributed by atoms with Crippen molar-refractivity contribution in [3.05, 3.63) is 169 Å². The molecule has 1 saturated carbocycles. The van der Waals surface area contributed by atoms with E-state index in [9.17, 15) is 0 Å². The Morgan fingerprint density at radius 2 is 0.740 bits per heavy atom.